The van der Waals surface area contributed by atoms with Crippen molar-refractivity contribution in [2.24, 2.45) is 0 Å². The number of nitrogens with one attached hydrogen (secondary N) is 2. The van der Waals surface area contributed by atoms with Crippen molar-refractivity contribution in [3.63, 3.8) is 0 Å². The van der Waals surface area contributed by atoms with Gasteiger partial charge in [0, 0.05) is 28.9 Å². The first-order valence-corrected chi connectivity index (χ1v) is 10.9. The Hall–Kier alpha value is -4.10. The molecule has 3 aromatic carbocycles. The summed E-state index contributed by atoms with van der Waals surface area (Å²) >= 11 is 5.85. The molecule has 0 saturated carbocycles. The lowest BCUT2D eigenvalue weighted by atomic mass is 10.1. The Bertz CT molecular complexity index is 1170. The monoisotopic (exact) mass is 478 g/mol. The molecule has 7 nitrogen and oxygen atoms in total. The second kappa shape index (κ2) is 12.2. The van der Waals surface area contributed by atoms with E-state index >= 15 is 0 Å². The van der Waals surface area contributed by atoms with Crippen molar-refractivity contribution in [1.29, 1.82) is 0 Å². The van der Waals surface area contributed by atoms with Gasteiger partial charge in [0.25, 0.3) is 5.91 Å². The van der Waals surface area contributed by atoms with Crippen LogP contribution in [0.2, 0.25) is 5.02 Å². The number of rotatable bonds is 8. The van der Waals surface area contributed by atoms with Gasteiger partial charge in [0.2, 0.25) is 5.91 Å². The first-order valence-electron chi connectivity index (χ1n) is 10.5. The van der Waals surface area contributed by atoms with E-state index in [1.54, 1.807) is 55.5 Å². The van der Waals surface area contributed by atoms with Crippen LogP contribution in [0.25, 0.3) is 6.08 Å². The van der Waals surface area contributed by atoms with E-state index < -0.39 is 6.16 Å². The third kappa shape index (κ3) is 7.79. The van der Waals surface area contributed by atoms with Crippen LogP contribution in [0, 0.1) is 0 Å². The molecule has 8 heteroatoms. The predicted molar refractivity (Wildman–Crippen MR) is 131 cm³/mol. The molecule has 0 heterocycles. The van der Waals surface area contributed by atoms with Crippen LogP contribution in [0.4, 0.5) is 10.5 Å². The SMILES string of the molecule is CCOC(=O)Oc1ccc(C(=O)Nc2cccc(CNC(=O)/C=C/c3ccc(Cl)cc3)c2)cc1. The Kier molecular flexibility index (Phi) is 8.82. The van der Waals surface area contributed by atoms with Crippen LogP contribution in [0.5, 0.6) is 5.75 Å². The molecule has 2 N–H and O–H groups in total. The highest BCUT2D eigenvalue weighted by atomic mass is 35.5. The summed E-state index contributed by atoms with van der Waals surface area (Å²) in [4.78, 5) is 36.0. The third-order valence-electron chi connectivity index (χ3n) is 4.53. The Labute approximate surface area is 202 Å². The van der Waals surface area contributed by atoms with Gasteiger partial charge in [-0.25, -0.2) is 4.79 Å². The standard InChI is InChI=1S/C26H23ClN2O5/c1-2-33-26(32)34-23-13-9-20(10-14-23)25(31)29-22-5-3-4-19(16-22)17-28-24(30)15-8-18-6-11-21(27)12-7-18/h3-16H,2,17H2,1H3,(H,28,30)(H,29,31)/b15-8+. The van der Waals surface area contributed by atoms with E-state index in [1.165, 1.54) is 18.2 Å². The Morgan fingerprint density at radius 1 is 0.971 bits per heavy atom. The molecule has 0 aliphatic rings. The van der Waals surface area contributed by atoms with Crippen molar-refractivity contribution >= 4 is 41.3 Å². The normalized spacial score (nSPS) is 10.5. The van der Waals surface area contributed by atoms with Crippen molar-refractivity contribution < 1.29 is 23.9 Å². The molecule has 0 aliphatic heterocycles. The minimum atomic E-state index is -0.802. The number of carbonyl (C=O) groups excluding carboxylic acids is 3. The average Bonchev–Trinajstić information content (AvgIpc) is 2.83. The van der Waals surface area contributed by atoms with Crippen LogP contribution in [0.1, 0.15) is 28.4 Å². The Balaban J connectivity index is 1.52. The molecule has 0 radical (unpaired) electrons. The highest BCUT2D eigenvalue weighted by Gasteiger charge is 2.09. The summed E-state index contributed by atoms with van der Waals surface area (Å²) in [5.41, 5.74) is 2.66. The van der Waals surface area contributed by atoms with E-state index in [4.69, 9.17) is 21.1 Å². The lowest BCUT2D eigenvalue weighted by Crippen LogP contribution is -2.20. The minimum absolute atomic E-state index is 0.210. The minimum Gasteiger partial charge on any atom is -0.434 e. The molecular formula is C26H23ClN2O5. The molecule has 0 unspecified atom stereocenters. The van der Waals surface area contributed by atoms with Gasteiger partial charge in [-0.05, 0) is 72.7 Å². The first kappa shape index (κ1) is 24.5. The fraction of sp³-hybridized carbons (Fsp3) is 0.115. The quantitative estimate of drug-likeness (QED) is 0.255. The molecule has 174 valence electrons. The predicted octanol–water partition coefficient (Wildman–Crippen LogP) is 5.46. The van der Waals surface area contributed by atoms with Crippen LogP contribution in [0.15, 0.2) is 78.9 Å². The molecule has 0 fully saturated rings. The van der Waals surface area contributed by atoms with E-state index in [9.17, 15) is 14.4 Å². The van der Waals surface area contributed by atoms with Crippen LogP contribution in [0.3, 0.4) is 0 Å². The number of amides is 2. The second-order valence-corrected chi connectivity index (χ2v) is 7.50. The van der Waals surface area contributed by atoms with Crippen LogP contribution in [-0.4, -0.2) is 24.6 Å². The molecule has 0 atom stereocenters. The molecule has 34 heavy (non-hydrogen) atoms. The lowest BCUT2D eigenvalue weighted by Gasteiger charge is -2.09. The van der Waals surface area contributed by atoms with E-state index in [1.807, 2.05) is 18.2 Å². The highest BCUT2D eigenvalue weighted by molar-refractivity contribution is 6.30. The maximum atomic E-state index is 12.5. The molecule has 0 saturated heterocycles. The molecule has 2 amide bonds. The molecule has 3 rings (SSSR count). The molecule has 3 aromatic rings. The van der Waals surface area contributed by atoms with Crippen molar-refractivity contribution in [2.45, 2.75) is 13.5 Å². The van der Waals surface area contributed by atoms with Gasteiger partial charge >= 0.3 is 6.16 Å². The maximum Gasteiger partial charge on any atom is 0.513 e. The first-order chi connectivity index (χ1) is 16.4. The van der Waals surface area contributed by atoms with Crippen LogP contribution < -0.4 is 15.4 Å². The fourth-order valence-electron chi connectivity index (χ4n) is 2.87. The molecule has 0 aromatic heterocycles. The van der Waals surface area contributed by atoms with Gasteiger partial charge in [-0.1, -0.05) is 35.9 Å². The molecular weight excluding hydrogens is 456 g/mol. The van der Waals surface area contributed by atoms with Crippen molar-refractivity contribution in [3.05, 3.63) is 101 Å². The van der Waals surface area contributed by atoms with Crippen molar-refractivity contribution in [1.82, 2.24) is 5.32 Å². The molecule has 0 spiro atoms. The highest BCUT2D eigenvalue weighted by Crippen LogP contribution is 2.16. The Morgan fingerprint density at radius 2 is 1.71 bits per heavy atom. The zero-order chi connectivity index (χ0) is 24.3. The average molecular weight is 479 g/mol. The van der Waals surface area contributed by atoms with Gasteiger partial charge in [-0.15, -0.1) is 0 Å². The van der Waals surface area contributed by atoms with Crippen LogP contribution in [-0.2, 0) is 16.1 Å². The van der Waals surface area contributed by atoms with Gasteiger partial charge in [0.15, 0.2) is 0 Å². The van der Waals surface area contributed by atoms with Crippen LogP contribution >= 0.6 is 11.6 Å². The zero-order valence-corrected chi connectivity index (χ0v) is 19.2. The summed E-state index contributed by atoms with van der Waals surface area (Å²) in [5, 5.41) is 6.25. The largest absolute Gasteiger partial charge is 0.513 e. The van der Waals surface area contributed by atoms with Crippen molar-refractivity contribution in [2.75, 3.05) is 11.9 Å². The lowest BCUT2D eigenvalue weighted by molar-refractivity contribution is -0.116. The van der Waals surface area contributed by atoms with Crippen molar-refractivity contribution in [3.8, 4) is 5.75 Å². The summed E-state index contributed by atoms with van der Waals surface area (Å²) < 4.78 is 9.69. The summed E-state index contributed by atoms with van der Waals surface area (Å²) in [6.07, 6.45) is 2.35. The summed E-state index contributed by atoms with van der Waals surface area (Å²) in [6, 6.07) is 20.4. The number of carbonyl (C=O) groups is 3. The number of ether oxygens (including phenoxy) is 2. The van der Waals surface area contributed by atoms with Gasteiger partial charge in [0.05, 0.1) is 6.61 Å². The molecule has 0 aliphatic carbocycles. The number of hydrogen-bond acceptors (Lipinski definition) is 5. The summed E-state index contributed by atoms with van der Waals surface area (Å²) in [6.45, 7) is 2.19. The smallest absolute Gasteiger partial charge is 0.434 e. The van der Waals surface area contributed by atoms with Gasteiger partial charge < -0.3 is 20.1 Å². The van der Waals surface area contributed by atoms with E-state index in [2.05, 4.69) is 10.6 Å². The second-order valence-electron chi connectivity index (χ2n) is 7.07. The zero-order valence-electron chi connectivity index (χ0n) is 18.4. The van der Waals surface area contributed by atoms with E-state index in [0.717, 1.165) is 11.1 Å². The Morgan fingerprint density at radius 3 is 2.41 bits per heavy atom. The van der Waals surface area contributed by atoms with Gasteiger partial charge in [-0.3, -0.25) is 9.59 Å². The van der Waals surface area contributed by atoms with E-state index in [-0.39, 0.29) is 24.2 Å². The maximum absolute atomic E-state index is 12.5. The number of benzene rings is 3. The summed E-state index contributed by atoms with van der Waals surface area (Å²) in [5.74, 6) is -0.290. The number of anilines is 1. The van der Waals surface area contributed by atoms with Gasteiger partial charge in [-0.2, -0.15) is 0 Å². The molecule has 0 bridgehead atoms. The fourth-order valence-corrected chi connectivity index (χ4v) is 3.00. The number of halogens is 1. The topological polar surface area (TPSA) is 93.7 Å². The number of hydrogen-bond donors (Lipinski definition) is 2. The summed E-state index contributed by atoms with van der Waals surface area (Å²) in [7, 11) is 0. The van der Waals surface area contributed by atoms with Gasteiger partial charge in [0.1, 0.15) is 5.75 Å². The third-order valence-corrected chi connectivity index (χ3v) is 4.78. The van der Waals surface area contributed by atoms with E-state index in [0.29, 0.717) is 22.8 Å².